The Labute approximate surface area is 208 Å². The largest absolute Gasteiger partial charge is 0.351 e. The van der Waals surface area contributed by atoms with Gasteiger partial charge in [-0.2, -0.15) is 0 Å². The second-order valence-electron chi connectivity index (χ2n) is 8.47. The lowest BCUT2D eigenvalue weighted by atomic mass is 9.96. The molecule has 0 radical (unpaired) electrons. The first-order chi connectivity index (χ1) is 15.9. The highest BCUT2D eigenvalue weighted by Gasteiger charge is 2.42. The van der Waals surface area contributed by atoms with Crippen molar-refractivity contribution in [2.75, 3.05) is 4.90 Å². The molecule has 1 fully saturated rings. The van der Waals surface area contributed by atoms with Crippen molar-refractivity contribution >= 4 is 38.9 Å². The number of benzene rings is 2. The van der Waals surface area contributed by atoms with Crippen molar-refractivity contribution in [2.24, 2.45) is 0 Å². The third-order valence-electron chi connectivity index (χ3n) is 6.28. The SMILES string of the molecule is Cc1ccc(-n2c(C)cc([C@H]3[C@@H](c4ccccn4)NC(=S)N3c3ccc(Br)cc3)c2C)cc1. The molecule has 0 spiro atoms. The summed E-state index contributed by atoms with van der Waals surface area (Å²) in [5, 5.41) is 4.27. The molecule has 1 N–H and O–H groups in total. The number of thiocarbonyl (C=S) groups is 1. The van der Waals surface area contributed by atoms with Crippen molar-refractivity contribution in [3.8, 4) is 5.69 Å². The van der Waals surface area contributed by atoms with Crippen molar-refractivity contribution in [2.45, 2.75) is 32.9 Å². The zero-order valence-corrected chi connectivity index (χ0v) is 21.2. The summed E-state index contributed by atoms with van der Waals surface area (Å²) < 4.78 is 3.37. The van der Waals surface area contributed by atoms with Crippen LogP contribution in [0.5, 0.6) is 0 Å². The maximum Gasteiger partial charge on any atom is 0.174 e. The number of anilines is 1. The van der Waals surface area contributed by atoms with Gasteiger partial charge in [-0.25, -0.2) is 0 Å². The Hall–Kier alpha value is -2.96. The fourth-order valence-electron chi connectivity index (χ4n) is 4.73. The van der Waals surface area contributed by atoms with Gasteiger partial charge in [-0.05, 0) is 93.1 Å². The number of pyridine rings is 1. The van der Waals surface area contributed by atoms with E-state index in [0.29, 0.717) is 5.11 Å². The average molecular weight is 517 g/mol. The molecule has 1 aliphatic rings. The summed E-state index contributed by atoms with van der Waals surface area (Å²) in [6.07, 6.45) is 1.84. The van der Waals surface area contributed by atoms with E-state index in [2.05, 4.69) is 117 Å². The monoisotopic (exact) mass is 516 g/mol. The molecule has 166 valence electrons. The molecule has 0 unspecified atom stereocenters. The number of hydrogen-bond donors (Lipinski definition) is 1. The van der Waals surface area contributed by atoms with Gasteiger partial charge in [-0.1, -0.05) is 39.7 Å². The maximum atomic E-state index is 5.87. The van der Waals surface area contributed by atoms with Crippen LogP contribution in [0.15, 0.2) is 83.5 Å². The first-order valence-corrected chi connectivity index (χ1v) is 12.2. The number of aryl methyl sites for hydroxylation is 2. The van der Waals surface area contributed by atoms with Crippen molar-refractivity contribution in [1.82, 2.24) is 14.9 Å². The third-order valence-corrected chi connectivity index (χ3v) is 7.13. The molecular formula is C27H25BrN4S. The van der Waals surface area contributed by atoms with Crippen LogP contribution in [0, 0.1) is 20.8 Å². The number of nitrogens with zero attached hydrogens (tertiary/aromatic N) is 3. The van der Waals surface area contributed by atoms with Gasteiger partial charge in [-0.15, -0.1) is 0 Å². The molecule has 2 aromatic heterocycles. The molecule has 6 heteroatoms. The minimum absolute atomic E-state index is 0.0287. The molecule has 3 heterocycles. The first-order valence-electron chi connectivity index (χ1n) is 11.0. The topological polar surface area (TPSA) is 33.1 Å². The third kappa shape index (κ3) is 3.98. The summed E-state index contributed by atoms with van der Waals surface area (Å²) in [5.41, 5.74) is 8.09. The highest BCUT2D eigenvalue weighted by Crippen LogP contribution is 2.43. The van der Waals surface area contributed by atoms with E-state index < -0.39 is 0 Å². The van der Waals surface area contributed by atoms with Gasteiger partial charge >= 0.3 is 0 Å². The van der Waals surface area contributed by atoms with Crippen molar-refractivity contribution in [1.29, 1.82) is 0 Å². The Balaban J connectivity index is 1.67. The van der Waals surface area contributed by atoms with Crippen LogP contribution in [0.4, 0.5) is 5.69 Å². The van der Waals surface area contributed by atoms with Crippen LogP contribution in [0.25, 0.3) is 5.69 Å². The van der Waals surface area contributed by atoms with Gasteiger partial charge in [0.05, 0.1) is 17.8 Å². The van der Waals surface area contributed by atoms with E-state index in [4.69, 9.17) is 12.2 Å². The van der Waals surface area contributed by atoms with E-state index in [0.717, 1.165) is 15.9 Å². The molecule has 4 nitrogen and oxygen atoms in total. The molecule has 2 aromatic carbocycles. The molecule has 0 saturated carbocycles. The molecule has 4 aromatic rings. The molecule has 2 atom stereocenters. The van der Waals surface area contributed by atoms with Crippen LogP contribution >= 0.6 is 28.1 Å². The highest BCUT2D eigenvalue weighted by molar-refractivity contribution is 9.10. The predicted molar refractivity (Wildman–Crippen MR) is 142 cm³/mol. The molecule has 5 rings (SSSR count). The zero-order valence-electron chi connectivity index (χ0n) is 18.8. The Kier molecular flexibility index (Phi) is 5.81. The summed E-state index contributed by atoms with van der Waals surface area (Å²) >= 11 is 9.42. The minimum atomic E-state index is -0.0608. The van der Waals surface area contributed by atoms with Crippen molar-refractivity contribution in [3.63, 3.8) is 0 Å². The van der Waals surface area contributed by atoms with Crippen molar-refractivity contribution < 1.29 is 0 Å². The van der Waals surface area contributed by atoms with E-state index in [1.54, 1.807) is 0 Å². The van der Waals surface area contributed by atoms with E-state index in [1.807, 2.05) is 18.3 Å². The highest BCUT2D eigenvalue weighted by atomic mass is 79.9. The number of rotatable bonds is 4. The first kappa shape index (κ1) is 21.9. The Morgan fingerprint density at radius 3 is 2.27 bits per heavy atom. The zero-order chi connectivity index (χ0) is 23.1. The molecule has 1 aliphatic heterocycles. The lowest BCUT2D eigenvalue weighted by Gasteiger charge is -2.28. The minimum Gasteiger partial charge on any atom is -0.351 e. The van der Waals surface area contributed by atoms with Crippen LogP contribution in [-0.2, 0) is 0 Å². The van der Waals surface area contributed by atoms with Crippen LogP contribution in [-0.4, -0.2) is 14.7 Å². The molecule has 0 amide bonds. The number of hydrogen-bond acceptors (Lipinski definition) is 2. The second-order valence-corrected chi connectivity index (χ2v) is 9.77. The molecular weight excluding hydrogens is 492 g/mol. The quantitative estimate of drug-likeness (QED) is 0.304. The van der Waals surface area contributed by atoms with Gasteiger partial charge in [0.15, 0.2) is 5.11 Å². The summed E-state index contributed by atoms with van der Waals surface area (Å²) in [4.78, 5) is 6.90. The fraction of sp³-hybridized carbons (Fsp3) is 0.185. The van der Waals surface area contributed by atoms with Gasteiger partial charge in [0.1, 0.15) is 0 Å². The lowest BCUT2D eigenvalue weighted by molar-refractivity contribution is 0.565. The molecule has 33 heavy (non-hydrogen) atoms. The Morgan fingerprint density at radius 1 is 0.909 bits per heavy atom. The predicted octanol–water partition coefficient (Wildman–Crippen LogP) is 6.74. The van der Waals surface area contributed by atoms with Crippen LogP contribution in [0.3, 0.4) is 0 Å². The smallest absolute Gasteiger partial charge is 0.174 e. The van der Waals surface area contributed by atoms with E-state index in [9.17, 15) is 0 Å². The van der Waals surface area contributed by atoms with Crippen LogP contribution in [0.1, 0.15) is 40.3 Å². The molecule has 0 bridgehead atoms. The number of aromatic nitrogens is 2. The fourth-order valence-corrected chi connectivity index (χ4v) is 5.34. The van der Waals surface area contributed by atoms with E-state index >= 15 is 0 Å². The van der Waals surface area contributed by atoms with Gasteiger partial charge < -0.3 is 14.8 Å². The maximum absolute atomic E-state index is 5.87. The number of nitrogens with one attached hydrogen (secondary N) is 1. The average Bonchev–Trinajstić information content (AvgIpc) is 3.31. The van der Waals surface area contributed by atoms with E-state index in [1.165, 1.54) is 28.2 Å². The normalized spacial score (nSPS) is 17.9. The second kappa shape index (κ2) is 8.76. The molecule has 0 aliphatic carbocycles. The van der Waals surface area contributed by atoms with Crippen LogP contribution < -0.4 is 10.2 Å². The number of halogens is 1. The summed E-state index contributed by atoms with van der Waals surface area (Å²) in [6.45, 7) is 6.47. The van der Waals surface area contributed by atoms with Gasteiger partial charge in [0.2, 0.25) is 0 Å². The molecule has 1 saturated heterocycles. The van der Waals surface area contributed by atoms with E-state index in [-0.39, 0.29) is 12.1 Å². The van der Waals surface area contributed by atoms with Gasteiger partial charge in [-0.3, -0.25) is 4.98 Å². The van der Waals surface area contributed by atoms with Crippen molar-refractivity contribution in [3.05, 3.63) is 112 Å². The van der Waals surface area contributed by atoms with Gasteiger partial charge in [0, 0.05) is 33.4 Å². The summed E-state index contributed by atoms with van der Waals surface area (Å²) in [5.74, 6) is 0. The Morgan fingerprint density at radius 2 is 1.61 bits per heavy atom. The Bertz CT molecular complexity index is 1300. The van der Waals surface area contributed by atoms with Gasteiger partial charge in [0.25, 0.3) is 0 Å². The summed E-state index contributed by atoms with van der Waals surface area (Å²) in [7, 11) is 0. The standard InChI is InChI=1S/C27H25BrN4S/c1-17-7-11-21(12-8-17)31-18(2)16-23(19(31)3)26-25(24-6-4-5-15-29-24)30-27(33)32(26)22-13-9-20(28)10-14-22/h4-16,25-26H,1-3H3,(H,30,33)/t25-,26+/m1/s1. The lowest BCUT2D eigenvalue weighted by Crippen LogP contribution is -2.29. The summed E-state index contributed by atoms with van der Waals surface area (Å²) in [6, 6.07) is 25.2. The van der Waals surface area contributed by atoms with Crippen LogP contribution in [0.2, 0.25) is 0 Å².